The molecule has 6 heteroatoms. The first-order valence-electron chi connectivity index (χ1n) is 7.86. The quantitative estimate of drug-likeness (QED) is 0.716. The molecule has 1 rings (SSSR count). The normalized spacial score (nSPS) is 10.7. The Kier molecular flexibility index (Phi) is 8.11. The summed E-state index contributed by atoms with van der Waals surface area (Å²) in [5, 5.41) is 5.69. The van der Waals surface area contributed by atoms with Crippen LogP contribution in [0, 0.1) is 0 Å². The van der Waals surface area contributed by atoms with Crippen LogP contribution in [-0.4, -0.2) is 49.5 Å². The summed E-state index contributed by atoms with van der Waals surface area (Å²) >= 11 is 0. The maximum Gasteiger partial charge on any atom is 0.234 e. The number of benzene rings is 1. The molecular formula is C17H27N3O3. The van der Waals surface area contributed by atoms with Gasteiger partial charge in [-0.2, -0.15) is 0 Å². The molecule has 6 nitrogen and oxygen atoms in total. The summed E-state index contributed by atoms with van der Waals surface area (Å²) in [6, 6.07) is 7.65. The zero-order valence-electron chi connectivity index (χ0n) is 14.4. The van der Waals surface area contributed by atoms with E-state index in [0.717, 1.165) is 11.3 Å². The summed E-state index contributed by atoms with van der Waals surface area (Å²) in [7, 11) is 1.60. The van der Waals surface area contributed by atoms with Gasteiger partial charge < -0.3 is 15.4 Å². The smallest absolute Gasteiger partial charge is 0.234 e. The molecule has 128 valence electrons. The van der Waals surface area contributed by atoms with Crippen molar-refractivity contribution in [3.05, 3.63) is 29.8 Å². The van der Waals surface area contributed by atoms with Gasteiger partial charge in [-0.1, -0.05) is 25.1 Å². The van der Waals surface area contributed by atoms with Crippen molar-refractivity contribution in [3.8, 4) is 5.75 Å². The number of carbonyl (C=O) groups is 2. The number of ether oxygens (including phenoxy) is 1. The number of para-hydroxylation sites is 1. The second-order valence-corrected chi connectivity index (χ2v) is 5.61. The largest absolute Gasteiger partial charge is 0.496 e. The van der Waals surface area contributed by atoms with Crippen molar-refractivity contribution < 1.29 is 14.3 Å². The third-order valence-electron chi connectivity index (χ3n) is 3.30. The summed E-state index contributed by atoms with van der Waals surface area (Å²) in [4.78, 5) is 25.6. The Morgan fingerprint density at radius 2 is 1.83 bits per heavy atom. The highest BCUT2D eigenvalue weighted by molar-refractivity contribution is 5.81. The molecule has 0 aliphatic carbocycles. The summed E-state index contributed by atoms with van der Waals surface area (Å²) < 4.78 is 5.25. The molecule has 0 aliphatic rings. The highest BCUT2D eigenvalue weighted by Crippen LogP contribution is 2.16. The van der Waals surface area contributed by atoms with E-state index in [9.17, 15) is 9.59 Å². The number of nitrogens with zero attached hydrogens (tertiary/aromatic N) is 1. The van der Waals surface area contributed by atoms with Gasteiger partial charge in [-0.15, -0.1) is 0 Å². The van der Waals surface area contributed by atoms with Crippen LogP contribution in [0.4, 0.5) is 0 Å². The minimum Gasteiger partial charge on any atom is -0.496 e. The third kappa shape index (κ3) is 7.15. The van der Waals surface area contributed by atoms with Gasteiger partial charge in [0, 0.05) is 18.2 Å². The highest BCUT2D eigenvalue weighted by Gasteiger charge is 2.14. The van der Waals surface area contributed by atoms with Crippen LogP contribution in [-0.2, 0) is 16.1 Å². The summed E-state index contributed by atoms with van der Waals surface area (Å²) in [6.45, 7) is 7.19. The average Bonchev–Trinajstić information content (AvgIpc) is 2.51. The lowest BCUT2D eigenvalue weighted by Gasteiger charge is -2.20. The Bertz CT molecular complexity index is 518. The van der Waals surface area contributed by atoms with E-state index in [0.29, 0.717) is 13.1 Å². The molecule has 0 saturated heterocycles. The van der Waals surface area contributed by atoms with Crippen molar-refractivity contribution in [3.63, 3.8) is 0 Å². The number of rotatable bonds is 9. The standard InChI is InChI=1S/C17H27N3O3/c1-5-20(12-17(22)19-13(2)3)11-16(21)18-10-14-8-6-7-9-15(14)23-4/h6-9,13H,5,10-12H2,1-4H3,(H,18,21)(H,19,22). The average molecular weight is 321 g/mol. The van der Waals surface area contributed by atoms with E-state index in [4.69, 9.17) is 4.74 Å². The van der Waals surface area contributed by atoms with Crippen LogP contribution in [0.25, 0.3) is 0 Å². The third-order valence-corrected chi connectivity index (χ3v) is 3.30. The fourth-order valence-corrected chi connectivity index (χ4v) is 2.15. The molecule has 0 radical (unpaired) electrons. The van der Waals surface area contributed by atoms with Crippen LogP contribution in [0.2, 0.25) is 0 Å². The summed E-state index contributed by atoms with van der Waals surface area (Å²) in [6.07, 6.45) is 0. The number of hydrogen-bond acceptors (Lipinski definition) is 4. The number of amides is 2. The fourth-order valence-electron chi connectivity index (χ4n) is 2.15. The number of likely N-dealkylation sites (N-methyl/N-ethyl adjacent to an activating group) is 1. The molecule has 0 heterocycles. The Morgan fingerprint density at radius 1 is 1.17 bits per heavy atom. The highest BCUT2D eigenvalue weighted by atomic mass is 16.5. The van der Waals surface area contributed by atoms with Gasteiger partial charge in [0.2, 0.25) is 11.8 Å². The van der Waals surface area contributed by atoms with Crippen molar-refractivity contribution in [1.29, 1.82) is 0 Å². The molecule has 0 aliphatic heterocycles. The molecule has 0 bridgehead atoms. The van der Waals surface area contributed by atoms with Crippen LogP contribution in [0.15, 0.2) is 24.3 Å². The molecular weight excluding hydrogens is 294 g/mol. The predicted octanol–water partition coefficient (Wildman–Crippen LogP) is 1.16. The van der Waals surface area contributed by atoms with E-state index >= 15 is 0 Å². The lowest BCUT2D eigenvalue weighted by atomic mass is 10.2. The summed E-state index contributed by atoms with van der Waals surface area (Å²) in [5.41, 5.74) is 0.920. The van der Waals surface area contributed by atoms with Crippen LogP contribution < -0.4 is 15.4 Å². The van der Waals surface area contributed by atoms with E-state index in [2.05, 4.69) is 10.6 Å². The molecule has 2 N–H and O–H groups in total. The molecule has 0 atom stereocenters. The van der Waals surface area contributed by atoms with Gasteiger partial charge in [-0.05, 0) is 26.5 Å². The van der Waals surface area contributed by atoms with Gasteiger partial charge in [0.15, 0.2) is 0 Å². The second-order valence-electron chi connectivity index (χ2n) is 5.61. The van der Waals surface area contributed by atoms with E-state index in [1.54, 1.807) is 12.0 Å². The first-order chi connectivity index (χ1) is 11.0. The van der Waals surface area contributed by atoms with Crippen LogP contribution in [0.5, 0.6) is 5.75 Å². The van der Waals surface area contributed by atoms with Gasteiger partial charge in [0.1, 0.15) is 5.75 Å². The van der Waals surface area contributed by atoms with E-state index in [1.165, 1.54) is 0 Å². The second kappa shape index (κ2) is 9.84. The molecule has 2 amide bonds. The van der Waals surface area contributed by atoms with Crippen LogP contribution in [0.3, 0.4) is 0 Å². The van der Waals surface area contributed by atoms with Gasteiger partial charge in [0.05, 0.1) is 20.2 Å². The van der Waals surface area contributed by atoms with E-state index in [1.807, 2.05) is 45.0 Å². The number of methoxy groups -OCH3 is 1. The van der Waals surface area contributed by atoms with Gasteiger partial charge in [0.25, 0.3) is 0 Å². The Hall–Kier alpha value is -2.08. The van der Waals surface area contributed by atoms with Crippen molar-refractivity contribution in [2.45, 2.75) is 33.4 Å². The maximum atomic E-state index is 12.1. The van der Waals surface area contributed by atoms with Gasteiger partial charge >= 0.3 is 0 Å². The van der Waals surface area contributed by atoms with Crippen molar-refractivity contribution >= 4 is 11.8 Å². The number of hydrogen-bond donors (Lipinski definition) is 2. The molecule has 0 spiro atoms. The predicted molar refractivity (Wildman–Crippen MR) is 90.2 cm³/mol. The lowest BCUT2D eigenvalue weighted by Crippen LogP contribution is -2.44. The molecule has 0 aromatic heterocycles. The molecule has 0 fully saturated rings. The molecule has 1 aromatic carbocycles. The summed E-state index contributed by atoms with van der Waals surface area (Å²) in [5.74, 6) is 0.561. The van der Waals surface area contributed by atoms with E-state index < -0.39 is 0 Å². The number of nitrogens with one attached hydrogen (secondary N) is 2. The molecule has 0 unspecified atom stereocenters. The monoisotopic (exact) mass is 321 g/mol. The van der Waals surface area contributed by atoms with Crippen LogP contribution in [0.1, 0.15) is 26.3 Å². The first-order valence-corrected chi connectivity index (χ1v) is 7.86. The minimum atomic E-state index is -0.116. The van der Waals surface area contributed by atoms with Crippen molar-refractivity contribution in [1.82, 2.24) is 15.5 Å². The zero-order valence-corrected chi connectivity index (χ0v) is 14.4. The fraction of sp³-hybridized carbons (Fsp3) is 0.529. The Balaban J connectivity index is 2.46. The SMILES string of the molecule is CCN(CC(=O)NCc1ccccc1OC)CC(=O)NC(C)C. The molecule has 23 heavy (non-hydrogen) atoms. The van der Waals surface area contributed by atoms with E-state index in [-0.39, 0.29) is 30.9 Å². The first kappa shape index (κ1) is 19.0. The lowest BCUT2D eigenvalue weighted by molar-refractivity contribution is -0.125. The number of carbonyl (C=O) groups excluding carboxylic acids is 2. The maximum absolute atomic E-state index is 12.1. The van der Waals surface area contributed by atoms with Gasteiger partial charge in [-0.3, -0.25) is 14.5 Å². The van der Waals surface area contributed by atoms with Crippen LogP contribution >= 0.6 is 0 Å². The topological polar surface area (TPSA) is 70.7 Å². The molecule has 1 aromatic rings. The minimum absolute atomic E-state index is 0.0700. The zero-order chi connectivity index (χ0) is 17.2. The Labute approximate surface area is 138 Å². The van der Waals surface area contributed by atoms with Crippen molar-refractivity contribution in [2.24, 2.45) is 0 Å². The Morgan fingerprint density at radius 3 is 2.43 bits per heavy atom. The molecule has 0 saturated carbocycles. The van der Waals surface area contributed by atoms with Crippen molar-refractivity contribution in [2.75, 3.05) is 26.7 Å². The van der Waals surface area contributed by atoms with Gasteiger partial charge in [-0.25, -0.2) is 0 Å².